The predicted molar refractivity (Wildman–Crippen MR) is 131 cm³/mol. The maximum absolute atomic E-state index is 11.9. The third-order valence-electron chi connectivity index (χ3n) is 4.18. The van der Waals surface area contributed by atoms with Crippen LogP contribution in [0.5, 0.6) is 0 Å². The smallest absolute Gasteiger partial charge is 0.251 e. The number of primary amides is 1. The molecule has 0 saturated heterocycles. The van der Waals surface area contributed by atoms with E-state index < -0.39 is 5.91 Å². The number of hydrogen-bond acceptors (Lipinski definition) is 3. The molecule has 162 valence electrons. The number of rotatable bonds is 10. The van der Waals surface area contributed by atoms with E-state index in [1.54, 1.807) is 12.1 Å². The topological polar surface area (TPSA) is 109 Å². The summed E-state index contributed by atoms with van der Waals surface area (Å²) in [6.45, 7) is 3.97. The molecule has 2 aromatic carbocycles. The van der Waals surface area contributed by atoms with Gasteiger partial charge in [0.25, 0.3) is 5.91 Å². The van der Waals surface area contributed by atoms with Crippen molar-refractivity contribution in [2.24, 2.45) is 10.7 Å². The van der Waals surface area contributed by atoms with Crippen LogP contribution < -0.4 is 21.7 Å². The highest BCUT2D eigenvalue weighted by atomic mass is 127. The zero-order valence-electron chi connectivity index (χ0n) is 17.2. The Balaban J connectivity index is 0.00000450. The standard InChI is InChI=1S/C22H29N5O2.HI/c1-2-24-22(25-14-6-9-17-7-4-3-5-8-17)27-15-18-10-12-19(13-11-18)21(29)26-16-20(23)28;/h3-5,7-8,10-13H,2,6,9,14-16H2,1H3,(H2,23,28)(H,26,29)(H2,24,25,27);1H. The first-order valence-electron chi connectivity index (χ1n) is 9.80. The normalized spacial score (nSPS) is 10.6. The molecule has 2 amide bonds. The number of hydrogen-bond donors (Lipinski definition) is 4. The van der Waals surface area contributed by atoms with Crippen LogP contribution in [0.15, 0.2) is 59.6 Å². The summed E-state index contributed by atoms with van der Waals surface area (Å²) in [6.07, 6.45) is 2.04. The van der Waals surface area contributed by atoms with Gasteiger partial charge in [-0.25, -0.2) is 4.99 Å². The van der Waals surface area contributed by atoms with E-state index in [-0.39, 0.29) is 36.4 Å². The molecule has 0 aromatic heterocycles. The van der Waals surface area contributed by atoms with Gasteiger partial charge in [0.15, 0.2) is 5.96 Å². The maximum Gasteiger partial charge on any atom is 0.251 e. The van der Waals surface area contributed by atoms with E-state index >= 15 is 0 Å². The average Bonchev–Trinajstić information content (AvgIpc) is 2.74. The fourth-order valence-corrected chi connectivity index (χ4v) is 2.69. The second kappa shape index (κ2) is 14.4. The Hall–Kier alpha value is -2.62. The lowest BCUT2D eigenvalue weighted by Gasteiger charge is -2.11. The van der Waals surface area contributed by atoms with Gasteiger partial charge >= 0.3 is 0 Å². The molecule has 0 aliphatic rings. The summed E-state index contributed by atoms with van der Waals surface area (Å²) < 4.78 is 0. The number of halogens is 1. The van der Waals surface area contributed by atoms with Gasteiger partial charge in [0.05, 0.1) is 13.1 Å². The summed E-state index contributed by atoms with van der Waals surface area (Å²) in [6, 6.07) is 17.5. The number of nitrogens with one attached hydrogen (secondary N) is 3. The number of nitrogens with zero attached hydrogens (tertiary/aromatic N) is 1. The average molecular weight is 523 g/mol. The Morgan fingerprint density at radius 3 is 2.27 bits per heavy atom. The molecule has 0 aliphatic heterocycles. The summed E-state index contributed by atoms with van der Waals surface area (Å²) >= 11 is 0. The molecule has 0 spiro atoms. The van der Waals surface area contributed by atoms with Crippen LogP contribution in [0.2, 0.25) is 0 Å². The fraction of sp³-hybridized carbons (Fsp3) is 0.318. The highest BCUT2D eigenvalue weighted by Gasteiger charge is 2.06. The van der Waals surface area contributed by atoms with Crippen LogP contribution in [-0.4, -0.2) is 37.4 Å². The van der Waals surface area contributed by atoms with Crippen LogP contribution >= 0.6 is 24.0 Å². The van der Waals surface area contributed by atoms with Crippen molar-refractivity contribution >= 4 is 41.8 Å². The molecule has 0 unspecified atom stereocenters. The Labute approximate surface area is 194 Å². The highest BCUT2D eigenvalue weighted by molar-refractivity contribution is 14.0. The highest BCUT2D eigenvalue weighted by Crippen LogP contribution is 2.06. The first-order valence-corrected chi connectivity index (χ1v) is 9.80. The van der Waals surface area contributed by atoms with Gasteiger partial charge < -0.3 is 21.7 Å². The lowest BCUT2D eigenvalue weighted by Crippen LogP contribution is -2.37. The van der Waals surface area contributed by atoms with Crippen LogP contribution in [0.4, 0.5) is 0 Å². The SMILES string of the molecule is CCNC(=NCc1ccc(C(=O)NCC(N)=O)cc1)NCCCc1ccccc1.I. The summed E-state index contributed by atoms with van der Waals surface area (Å²) in [7, 11) is 0. The lowest BCUT2D eigenvalue weighted by molar-refractivity contribution is -0.117. The van der Waals surface area contributed by atoms with Crippen LogP contribution in [-0.2, 0) is 17.8 Å². The van der Waals surface area contributed by atoms with Crippen molar-refractivity contribution in [3.63, 3.8) is 0 Å². The number of guanidine groups is 1. The van der Waals surface area contributed by atoms with Crippen LogP contribution in [0, 0.1) is 0 Å². The van der Waals surface area contributed by atoms with E-state index in [2.05, 4.69) is 45.2 Å². The van der Waals surface area contributed by atoms with Gasteiger partial charge in [0.1, 0.15) is 0 Å². The van der Waals surface area contributed by atoms with E-state index in [0.29, 0.717) is 12.1 Å². The lowest BCUT2D eigenvalue weighted by atomic mass is 10.1. The van der Waals surface area contributed by atoms with Gasteiger partial charge in [-0.05, 0) is 43.0 Å². The third kappa shape index (κ3) is 9.73. The second-order valence-electron chi connectivity index (χ2n) is 6.56. The molecule has 0 bridgehead atoms. The van der Waals surface area contributed by atoms with Crippen molar-refractivity contribution in [3.8, 4) is 0 Å². The minimum absolute atomic E-state index is 0. The summed E-state index contributed by atoms with van der Waals surface area (Å²) in [5.74, 6) is -0.132. The Bertz CT molecular complexity index is 810. The molecule has 7 nitrogen and oxygen atoms in total. The maximum atomic E-state index is 11.9. The van der Waals surface area contributed by atoms with Gasteiger partial charge in [0.2, 0.25) is 5.91 Å². The van der Waals surface area contributed by atoms with Gasteiger partial charge in [-0.3, -0.25) is 9.59 Å². The van der Waals surface area contributed by atoms with Crippen molar-refractivity contribution in [1.29, 1.82) is 0 Å². The molecule has 0 aliphatic carbocycles. The van der Waals surface area contributed by atoms with E-state index in [9.17, 15) is 9.59 Å². The van der Waals surface area contributed by atoms with Gasteiger partial charge in [-0.15, -0.1) is 24.0 Å². The molecule has 5 N–H and O–H groups in total. The largest absolute Gasteiger partial charge is 0.368 e. The molecule has 0 fully saturated rings. The van der Waals surface area contributed by atoms with Crippen molar-refractivity contribution in [1.82, 2.24) is 16.0 Å². The number of nitrogens with two attached hydrogens (primary N) is 1. The monoisotopic (exact) mass is 523 g/mol. The van der Waals surface area contributed by atoms with E-state index in [1.807, 2.05) is 25.1 Å². The molecular weight excluding hydrogens is 493 g/mol. The number of aliphatic imine (C=N–C) groups is 1. The molecule has 2 aromatic rings. The van der Waals surface area contributed by atoms with Crippen molar-refractivity contribution in [2.45, 2.75) is 26.3 Å². The molecule has 0 heterocycles. The van der Waals surface area contributed by atoms with E-state index in [1.165, 1.54) is 5.56 Å². The zero-order valence-corrected chi connectivity index (χ0v) is 19.5. The summed E-state index contributed by atoms with van der Waals surface area (Å²) in [4.78, 5) is 27.2. The Kier molecular flexibility index (Phi) is 12.2. The number of amides is 2. The van der Waals surface area contributed by atoms with Crippen LogP contribution in [0.3, 0.4) is 0 Å². The molecular formula is C22H30IN5O2. The van der Waals surface area contributed by atoms with Crippen LogP contribution in [0.1, 0.15) is 34.8 Å². The minimum Gasteiger partial charge on any atom is -0.368 e. The number of carbonyl (C=O) groups is 2. The summed E-state index contributed by atoms with van der Waals surface area (Å²) in [5, 5.41) is 9.05. The first-order chi connectivity index (χ1) is 14.1. The van der Waals surface area contributed by atoms with E-state index in [0.717, 1.165) is 37.5 Å². The van der Waals surface area contributed by atoms with Crippen molar-refractivity contribution < 1.29 is 9.59 Å². The summed E-state index contributed by atoms with van der Waals surface area (Å²) in [5.41, 5.74) is 7.82. The molecule has 2 rings (SSSR count). The van der Waals surface area contributed by atoms with Gasteiger partial charge in [-0.1, -0.05) is 42.5 Å². The minimum atomic E-state index is -0.573. The van der Waals surface area contributed by atoms with Crippen LogP contribution in [0.25, 0.3) is 0 Å². The number of carbonyl (C=O) groups excluding carboxylic acids is 2. The predicted octanol–water partition coefficient (Wildman–Crippen LogP) is 2.21. The fourth-order valence-electron chi connectivity index (χ4n) is 2.69. The Morgan fingerprint density at radius 1 is 0.933 bits per heavy atom. The molecule has 8 heteroatoms. The first kappa shape index (κ1) is 25.4. The Morgan fingerprint density at radius 2 is 1.63 bits per heavy atom. The van der Waals surface area contributed by atoms with Crippen molar-refractivity contribution in [2.75, 3.05) is 19.6 Å². The number of benzene rings is 2. The van der Waals surface area contributed by atoms with Gasteiger partial charge in [-0.2, -0.15) is 0 Å². The zero-order chi connectivity index (χ0) is 20.9. The van der Waals surface area contributed by atoms with Gasteiger partial charge in [0, 0.05) is 18.7 Å². The molecule has 0 radical (unpaired) electrons. The molecule has 0 atom stereocenters. The third-order valence-corrected chi connectivity index (χ3v) is 4.18. The number of aryl methyl sites for hydroxylation is 1. The quantitative estimate of drug-likeness (QED) is 0.166. The van der Waals surface area contributed by atoms with Crippen molar-refractivity contribution in [3.05, 3.63) is 71.3 Å². The molecule has 0 saturated carbocycles. The van der Waals surface area contributed by atoms with E-state index in [4.69, 9.17) is 5.73 Å². The second-order valence-corrected chi connectivity index (χ2v) is 6.56. The molecule has 30 heavy (non-hydrogen) atoms.